The summed E-state index contributed by atoms with van der Waals surface area (Å²) in [5.74, 6) is -0.698. The minimum atomic E-state index is -1.07. The molecule has 0 bridgehead atoms. The van der Waals surface area contributed by atoms with Gasteiger partial charge in [0, 0.05) is 15.8 Å². The molecule has 1 N–H and O–H groups in total. The van der Waals surface area contributed by atoms with Gasteiger partial charge in [-0.15, -0.1) is 22.7 Å². The number of nitrogens with zero attached hydrogens (tertiary/aromatic N) is 2. The topological polar surface area (TPSA) is 99.5 Å². The number of fused-ring (bicyclic) bond motifs is 1. The number of rotatable bonds is 8. The zero-order valence-electron chi connectivity index (χ0n) is 17.9. The molecule has 0 saturated heterocycles. The maximum absolute atomic E-state index is 13.0. The van der Waals surface area contributed by atoms with Gasteiger partial charge in [-0.1, -0.05) is 18.2 Å². The molecule has 1 amide bonds. The fraction of sp³-hybridized carbons (Fsp3) is 0.217. The van der Waals surface area contributed by atoms with Crippen LogP contribution in [0.5, 0.6) is 5.75 Å². The fourth-order valence-electron chi connectivity index (χ4n) is 3.21. The van der Waals surface area contributed by atoms with Gasteiger partial charge in [-0.3, -0.25) is 19.0 Å². The summed E-state index contributed by atoms with van der Waals surface area (Å²) < 4.78 is 12.0. The van der Waals surface area contributed by atoms with E-state index < -0.39 is 18.0 Å². The summed E-state index contributed by atoms with van der Waals surface area (Å²) in [4.78, 5) is 43.9. The van der Waals surface area contributed by atoms with Gasteiger partial charge in [0.05, 0.1) is 24.0 Å². The number of anilines is 1. The molecule has 10 heteroatoms. The molecule has 0 aliphatic rings. The van der Waals surface area contributed by atoms with Crippen LogP contribution in [0, 0.1) is 0 Å². The van der Waals surface area contributed by atoms with Gasteiger partial charge in [0.15, 0.2) is 6.10 Å². The number of esters is 1. The molecule has 0 fully saturated rings. The van der Waals surface area contributed by atoms with Gasteiger partial charge in [-0.2, -0.15) is 0 Å². The summed E-state index contributed by atoms with van der Waals surface area (Å²) in [7, 11) is 0. The van der Waals surface area contributed by atoms with E-state index in [9.17, 15) is 14.4 Å². The maximum Gasteiger partial charge on any atom is 0.326 e. The second-order valence-electron chi connectivity index (χ2n) is 7.03. The van der Waals surface area contributed by atoms with Crippen molar-refractivity contribution in [2.45, 2.75) is 26.5 Å². The Labute approximate surface area is 197 Å². The van der Waals surface area contributed by atoms with Crippen LogP contribution in [-0.2, 0) is 20.9 Å². The summed E-state index contributed by atoms with van der Waals surface area (Å²) in [6.07, 6.45) is 0.256. The molecule has 0 aliphatic carbocycles. The second kappa shape index (κ2) is 9.97. The summed E-state index contributed by atoms with van der Waals surface area (Å²) in [5, 5.41) is 6.99. The number of benzene rings is 1. The summed E-state index contributed by atoms with van der Waals surface area (Å²) in [6.45, 7) is 3.41. The third-order valence-corrected chi connectivity index (χ3v) is 6.56. The van der Waals surface area contributed by atoms with Crippen molar-refractivity contribution in [2.75, 3.05) is 11.9 Å². The summed E-state index contributed by atoms with van der Waals surface area (Å²) >= 11 is 2.90. The number of carbonyl (C=O) groups is 2. The van der Waals surface area contributed by atoms with E-state index in [1.807, 2.05) is 29.8 Å². The molecule has 8 nitrogen and oxygen atoms in total. The van der Waals surface area contributed by atoms with Gasteiger partial charge in [-0.05, 0) is 37.4 Å². The van der Waals surface area contributed by atoms with Crippen LogP contribution in [0.1, 0.15) is 13.8 Å². The molecule has 4 rings (SSSR count). The van der Waals surface area contributed by atoms with Crippen molar-refractivity contribution in [3.05, 3.63) is 63.8 Å². The molecule has 4 aromatic rings. The zero-order chi connectivity index (χ0) is 23.4. The van der Waals surface area contributed by atoms with Gasteiger partial charge >= 0.3 is 5.97 Å². The smallest absolute Gasteiger partial charge is 0.326 e. The number of ether oxygens (including phenoxy) is 2. The van der Waals surface area contributed by atoms with Crippen molar-refractivity contribution in [3.63, 3.8) is 0 Å². The lowest BCUT2D eigenvalue weighted by Crippen LogP contribution is -2.33. The molecule has 0 saturated carbocycles. The number of para-hydroxylation sites is 2. The average molecular weight is 484 g/mol. The molecule has 1 unspecified atom stereocenters. The van der Waals surface area contributed by atoms with E-state index in [2.05, 4.69) is 10.3 Å². The van der Waals surface area contributed by atoms with Crippen molar-refractivity contribution < 1.29 is 19.1 Å². The van der Waals surface area contributed by atoms with E-state index in [1.54, 1.807) is 24.3 Å². The van der Waals surface area contributed by atoms with Crippen molar-refractivity contribution in [1.82, 2.24) is 9.55 Å². The lowest BCUT2D eigenvalue weighted by atomic mass is 10.2. The number of aromatic nitrogens is 2. The molecule has 0 aliphatic heterocycles. The third-order valence-electron chi connectivity index (χ3n) is 4.77. The first-order valence-corrected chi connectivity index (χ1v) is 12.0. The van der Waals surface area contributed by atoms with Crippen molar-refractivity contribution in [3.8, 4) is 16.2 Å². The standard InChI is InChI=1S/C23H21N3O5S2/c1-3-30-17-8-5-4-7-16(17)25-21(28)14(2)31-19(27)11-26-13-24-22-20(23(26)29)15(12-33-22)18-9-6-10-32-18/h4-10,12-14H,3,11H2,1-2H3,(H,25,28). The fourth-order valence-corrected chi connectivity index (χ4v) is 4.93. The Morgan fingerprint density at radius 1 is 1.18 bits per heavy atom. The van der Waals surface area contributed by atoms with E-state index >= 15 is 0 Å². The first-order valence-electron chi connectivity index (χ1n) is 10.2. The summed E-state index contributed by atoms with van der Waals surface area (Å²) in [6, 6.07) is 10.8. The Balaban J connectivity index is 1.45. The molecule has 0 spiro atoms. The molecule has 33 heavy (non-hydrogen) atoms. The number of hydrogen-bond acceptors (Lipinski definition) is 8. The van der Waals surface area contributed by atoms with Crippen molar-refractivity contribution in [1.29, 1.82) is 0 Å². The zero-order valence-corrected chi connectivity index (χ0v) is 19.6. The highest BCUT2D eigenvalue weighted by molar-refractivity contribution is 7.18. The minimum Gasteiger partial charge on any atom is -0.492 e. The highest BCUT2D eigenvalue weighted by Crippen LogP contribution is 2.33. The molecule has 0 radical (unpaired) electrons. The first-order chi connectivity index (χ1) is 16.0. The lowest BCUT2D eigenvalue weighted by Gasteiger charge is -2.16. The van der Waals surface area contributed by atoms with E-state index in [1.165, 1.54) is 40.5 Å². The Bertz CT molecular complexity index is 1340. The van der Waals surface area contributed by atoms with Gasteiger partial charge in [0.2, 0.25) is 0 Å². The average Bonchev–Trinajstić information content (AvgIpc) is 3.47. The number of nitrogens with one attached hydrogen (secondary N) is 1. The Kier molecular flexibility index (Phi) is 6.85. The Hall–Kier alpha value is -3.50. The Morgan fingerprint density at radius 2 is 2.00 bits per heavy atom. The van der Waals surface area contributed by atoms with E-state index in [0.29, 0.717) is 28.3 Å². The van der Waals surface area contributed by atoms with E-state index in [0.717, 1.165) is 10.4 Å². The second-order valence-corrected chi connectivity index (χ2v) is 8.84. The van der Waals surface area contributed by atoms with E-state index in [4.69, 9.17) is 9.47 Å². The van der Waals surface area contributed by atoms with Crippen LogP contribution >= 0.6 is 22.7 Å². The van der Waals surface area contributed by atoms with Gasteiger partial charge < -0.3 is 14.8 Å². The summed E-state index contributed by atoms with van der Waals surface area (Å²) in [5.41, 5.74) is 0.951. The van der Waals surface area contributed by atoms with Gasteiger partial charge in [-0.25, -0.2) is 4.98 Å². The highest BCUT2D eigenvalue weighted by Gasteiger charge is 2.21. The minimum absolute atomic E-state index is 0.329. The molecular weight excluding hydrogens is 462 g/mol. The molecule has 170 valence electrons. The van der Waals surface area contributed by atoms with Crippen LogP contribution in [0.4, 0.5) is 5.69 Å². The number of hydrogen-bond donors (Lipinski definition) is 1. The van der Waals surface area contributed by atoms with E-state index in [-0.39, 0.29) is 12.1 Å². The SMILES string of the molecule is CCOc1ccccc1NC(=O)C(C)OC(=O)Cn1cnc2scc(-c3cccs3)c2c1=O. The normalized spacial score (nSPS) is 11.8. The first kappa shape index (κ1) is 22.7. The molecule has 3 heterocycles. The molecule has 1 atom stereocenters. The number of amides is 1. The third kappa shape index (κ3) is 4.96. The molecular formula is C23H21N3O5S2. The predicted molar refractivity (Wildman–Crippen MR) is 129 cm³/mol. The van der Waals surface area contributed by atoms with Crippen LogP contribution in [0.15, 0.2) is 58.3 Å². The van der Waals surface area contributed by atoms with Crippen LogP contribution < -0.4 is 15.6 Å². The van der Waals surface area contributed by atoms with Gasteiger partial charge in [0.1, 0.15) is 17.1 Å². The largest absolute Gasteiger partial charge is 0.492 e. The number of thiophene rings is 2. The maximum atomic E-state index is 13.0. The lowest BCUT2D eigenvalue weighted by molar-refractivity contribution is -0.153. The van der Waals surface area contributed by atoms with Crippen LogP contribution in [0.2, 0.25) is 0 Å². The van der Waals surface area contributed by atoms with Crippen LogP contribution in [0.25, 0.3) is 20.7 Å². The Morgan fingerprint density at radius 3 is 2.76 bits per heavy atom. The van der Waals surface area contributed by atoms with Gasteiger partial charge in [0.25, 0.3) is 11.5 Å². The quantitative estimate of drug-likeness (QED) is 0.378. The molecule has 3 aromatic heterocycles. The van der Waals surface area contributed by atoms with Crippen molar-refractivity contribution >= 4 is 50.5 Å². The van der Waals surface area contributed by atoms with Crippen molar-refractivity contribution in [2.24, 2.45) is 0 Å². The molecule has 1 aromatic carbocycles. The van der Waals surface area contributed by atoms with Crippen LogP contribution in [0.3, 0.4) is 0 Å². The predicted octanol–water partition coefficient (Wildman–Crippen LogP) is 4.16. The van der Waals surface area contributed by atoms with Crippen LogP contribution in [-0.4, -0.2) is 34.1 Å². The monoisotopic (exact) mass is 483 g/mol. The number of carbonyl (C=O) groups excluding carboxylic acids is 2. The highest BCUT2D eigenvalue weighted by atomic mass is 32.1.